The van der Waals surface area contributed by atoms with Crippen molar-refractivity contribution in [3.8, 4) is 5.75 Å². The third kappa shape index (κ3) is 5.84. The molecule has 0 atom stereocenters. The quantitative estimate of drug-likeness (QED) is 0.760. The summed E-state index contributed by atoms with van der Waals surface area (Å²) in [5, 5.41) is 2.97. The van der Waals surface area contributed by atoms with Crippen LogP contribution < -0.4 is 10.1 Å². The van der Waals surface area contributed by atoms with E-state index in [0.717, 1.165) is 22.6 Å². The molecule has 144 valence electrons. The average molecular weight is 368 g/mol. The predicted molar refractivity (Wildman–Crippen MR) is 108 cm³/mol. The van der Waals surface area contributed by atoms with E-state index >= 15 is 0 Å². The number of amides is 2. The summed E-state index contributed by atoms with van der Waals surface area (Å²) in [4.78, 5) is 26.1. The normalized spacial score (nSPS) is 10.6. The molecular formula is C22H28N2O3. The number of benzene rings is 2. The Bertz CT molecular complexity index is 787. The molecule has 2 rings (SSSR count). The van der Waals surface area contributed by atoms with Gasteiger partial charge in [0.25, 0.3) is 0 Å². The van der Waals surface area contributed by atoms with Crippen molar-refractivity contribution in [1.29, 1.82) is 0 Å². The van der Waals surface area contributed by atoms with Crippen LogP contribution in [0.2, 0.25) is 0 Å². The van der Waals surface area contributed by atoms with Gasteiger partial charge in [-0.3, -0.25) is 9.59 Å². The van der Waals surface area contributed by atoms with Crippen molar-refractivity contribution in [3.63, 3.8) is 0 Å². The molecule has 0 fully saturated rings. The summed E-state index contributed by atoms with van der Waals surface area (Å²) in [5.74, 6) is 0.880. The lowest BCUT2D eigenvalue weighted by molar-refractivity contribution is -0.129. The van der Waals surface area contributed by atoms with Crippen LogP contribution >= 0.6 is 0 Å². The van der Waals surface area contributed by atoms with Crippen LogP contribution in [0.5, 0.6) is 5.75 Å². The molecule has 0 aliphatic rings. The first-order chi connectivity index (χ1) is 12.9. The van der Waals surface area contributed by atoms with E-state index in [9.17, 15) is 9.59 Å². The van der Waals surface area contributed by atoms with Crippen LogP contribution in [-0.4, -0.2) is 30.4 Å². The highest BCUT2D eigenvalue weighted by Crippen LogP contribution is 2.24. The number of hydrogen-bond acceptors (Lipinski definition) is 3. The van der Waals surface area contributed by atoms with Crippen molar-refractivity contribution >= 4 is 17.5 Å². The maximum Gasteiger partial charge on any atom is 0.226 e. The van der Waals surface area contributed by atoms with Gasteiger partial charge in [-0.25, -0.2) is 0 Å². The molecule has 27 heavy (non-hydrogen) atoms. The second-order valence-electron chi connectivity index (χ2n) is 6.79. The molecule has 0 radical (unpaired) electrons. The summed E-state index contributed by atoms with van der Waals surface area (Å²) in [6, 6.07) is 15.4. The lowest BCUT2D eigenvalue weighted by Gasteiger charge is -2.22. The Hall–Kier alpha value is -2.82. The largest absolute Gasteiger partial charge is 0.496 e. The topological polar surface area (TPSA) is 58.6 Å². The highest BCUT2D eigenvalue weighted by atomic mass is 16.5. The third-order valence-electron chi connectivity index (χ3n) is 4.46. The van der Waals surface area contributed by atoms with Crippen molar-refractivity contribution in [2.45, 2.75) is 39.7 Å². The maximum absolute atomic E-state index is 12.4. The summed E-state index contributed by atoms with van der Waals surface area (Å²) in [7, 11) is 1.61. The van der Waals surface area contributed by atoms with Crippen LogP contribution in [0.15, 0.2) is 48.5 Å². The van der Waals surface area contributed by atoms with E-state index in [1.54, 1.807) is 12.0 Å². The second-order valence-corrected chi connectivity index (χ2v) is 6.79. The fourth-order valence-corrected chi connectivity index (χ4v) is 2.95. The average Bonchev–Trinajstić information content (AvgIpc) is 2.65. The van der Waals surface area contributed by atoms with Gasteiger partial charge >= 0.3 is 0 Å². The van der Waals surface area contributed by atoms with Crippen LogP contribution in [0.25, 0.3) is 0 Å². The molecule has 5 nitrogen and oxygen atoms in total. The predicted octanol–water partition coefficient (Wildman–Crippen LogP) is 4.20. The lowest BCUT2D eigenvalue weighted by atomic mass is 10.0. The Balaban J connectivity index is 2.00. The van der Waals surface area contributed by atoms with Gasteiger partial charge in [0.2, 0.25) is 11.8 Å². The Morgan fingerprint density at radius 3 is 2.41 bits per heavy atom. The fourth-order valence-electron chi connectivity index (χ4n) is 2.95. The van der Waals surface area contributed by atoms with Gasteiger partial charge in [-0.1, -0.05) is 50.2 Å². The van der Waals surface area contributed by atoms with E-state index in [2.05, 4.69) is 19.2 Å². The van der Waals surface area contributed by atoms with E-state index in [1.807, 2.05) is 48.5 Å². The Labute approximate surface area is 161 Å². The molecule has 2 aromatic rings. The number of carbonyl (C=O) groups is 2. The molecule has 0 aromatic heterocycles. The van der Waals surface area contributed by atoms with Gasteiger partial charge in [-0.2, -0.15) is 0 Å². The number of hydrogen-bond donors (Lipinski definition) is 1. The highest BCUT2D eigenvalue weighted by molar-refractivity contribution is 5.92. The van der Waals surface area contributed by atoms with Crippen molar-refractivity contribution in [3.05, 3.63) is 59.7 Å². The van der Waals surface area contributed by atoms with Crippen molar-refractivity contribution in [2.75, 3.05) is 19.0 Å². The zero-order chi connectivity index (χ0) is 19.8. The molecule has 5 heteroatoms. The highest BCUT2D eigenvalue weighted by Gasteiger charge is 2.15. The smallest absolute Gasteiger partial charge is 0.226 e. The zero-order valence-electron chi connectivity index (χ0n) is 16.5. The van der Waals surface area contributed by atoms with Crippen LogP contribution in [0.3, 0.4) is 0 Å². The first kappa shape index (κ1) is 20.5. The van der Waals surface area contributed by atoms with Crippen molar-refractivity contribution in [2.24, 2.45) is 0 Å². The van der Waals surface area contributed by atoms with Crippen molar-refractivity contribution in [1.82, 2.24) is 4.90 Å². The third-order valence-corrected chi connectivity index (χ3v) is 4.46. The number of nitrogens with one attached hydrogen (secondary N) is 1. The Morgan fingerprint density at radius 2 is 1.74 bits per heavy atom. The molecule has 0 aliphatic carbocycles. The molecule has 1 N–H and O–H groups in total. The monoisotopic (exact) mass is 368 g/mol. The van der Waals surface area contributed by atoms with Gasteiger partial charge in [-0.15, -0.1) is 0 Å². The van der Waals surface area contributed by atoms with E-state index in [4.69, 9.17) is 4.74 Å². The van der Waals surface area contributed by atoms with Crippen LogP contribution in [0.1, 0.15) is 44.2 Å². The SMILES string of the molecule is COc1ccccc1CN(CCC(=O)Nc1ccccc1C(C)C)C(C)=O. The van der Waals surface area contributed by atoms with Crippen LogP contribution in [0, 0.1) is 0 Å². The minimum absolute atomic E-state index is 0.0729. The molecule has 0 saturated heterocycles. The van der Waals surface area contributed by atoms with Gasteiger partial charge < -0.3 is 15.0 Å². The minimum atomic E-state index is -0.102. The molecule has 2 aromatic carbocycles. The van der Waals surface area contributed by atoms with Gasteiger partial charge in [0.15, 0.2) is 0 Å². The number of para-hydroxylation sites is 2. The maximum atomic E-state index is 12.4. The number of ether oxygens (including phenoxy) is 1. The molecule has 0 bridgehead atoms. The number of nitrogens with zero attached hydrogens (tertiary/aromatic N) is 1. The van der Waals surface area contributed by atoms with E-state index in [0.29, 0.717) is 19.0 Å². The van der Waals surface area contributed by atoms with E-state index in [1.165, 1.54) is 6.92 Å². The summed E-state index contributed by atoms with van der Waals surface area (Å²) < 4.78 is 5.35. The van der Waals surface area contributed by atoms with Gasteiger partial charge in [0.1, 0.15) is 5.75 Å². The zero-order valence-corrected chi connectivity index (χ0v) is 16.5. The number of rotatable bonds is 8. The number of methoxy groups -OCH3 is 1. The van der Waals surface area contributed by atoms with Gasteiger partial charge in [-0.05, 0) is 23.6 Å². The summed E-state index contributed by atoms with van der Waals surface area (Å²) >= 11 is 0. The first-order valence-electron chi connectivity index (χ1n) is 9.18. The molecule has 0 saturated carbocycles. The minimum Gasteiger partial charge on any atom is -0.496 e. The van der Waals surface area contributed by atoms with Crippen LogP contribution in [-0.2, 0) is 16.1 Å². The molecule has 2 amide bonds. The summed E-state index contributed by atoms with van der Waals surface area (Å²) in [5.41, 5.74) is 2.85. The Morgan fingerprint density at radius 1 is 1.07 bits per heavy atom. The van der Waals surface area contributed by atoms with Gasteiger partial charge in [0.05, 0.1) is 7.11 Å². The molecule has 0 spiro atoms. The van der Waals surface area contributed by atoms with Gasteiger partial charge in [0, 0.05) is 37.7 Å². The molecule has 0 unspecified atom stereocenters. The van der Waals surface area contributed by atoms with E-state index < -0.39 is 0 Å². The molecular weight excluding hydrogens is 340 g/mol. The standard InChI is InChI=1S/C22H28N2O3/c1-16(2)19-10-6-7-11-20(19)23-22(26)13-14-24(17(3)25)15-18-9-5-8-12-21(18)27-4/h5-12,16H,13-15H2,1-4H3,(H,23,26). The molecule has 0 heterocycles. The van der Waals surface area contributed by atoms with E-state index in [-0.39, 0.29) is 18.2 Å². The fraction of sp³-hybridized carbons (Fsp3) is 0.364. The number of carbonyl (C=O) groups excluding carboxylic acids is 2. The van der Waals surface area contributed by atoms with Crippen molar-refractivity contribution < 1.29 is 14.3 Å². The first-order valence-corrected chi connectivity index (χ1v) is 9.18. The second kappa shape index (κ2) is 9.76. The Kier molecular flexibility index (Phi) is 7.41. The number of anilines is 1. The van der Waals surface area contributed by atoms with Crippen LogP contribution in [0.4, 0.5) is 5.69 Å². The molecule has 0 aliphatic heterocycles. The lowest BCUT2D eigenvalue weighted by Crippen LogP contribution is -2.31. The summed E-state index contributed by atoms with van der Waals surface area (Å²) in [6.07, 6.45) is 0.237. The summed E-state index contributed by atoms with van der Waals surface area (Å²) in [6.45, 7) is 6.46.